The molecular formula is C10H14N2O. The molecule has 0 spiro atoms. The number of imidazole rings is 1. The molecule has 0 atom stereocenters. The van der Waals surface area contributed by atoms with E-state index >= 15 is 0 Å². The summed E-state index contributed by atoms with van der Waals surface area (Å²) in [6.07, 6.45) is 3.39. The molecule has 0 saturated carbocycles. The predicted molar refractivity (Wildman–Crippen MR) is 49.9 cm³/mol. The van der Waals surface area contributed by atoms with Crippen LogP contribution in [0.5, 0.6) is 0 Å². The molecule has 0 radical (unpaired) electrons. The molecule has 2 heterocycles. The van der Waals surface area contributed by atoms with Crippen molar-refractivity contribution >= 4 is 5.78 Å². The molecule has 70 valence electrons. The van der Waals surface area contributed by atoms with Crippen LogP contribution in [-0.4, -0.2) is 15.3 Å². The highest BCUT2D eigenvalue weighted by Gasteiger charge is 2.19. The highest BCUT2D eigenvalue weighted by Crippen LogP contribution is 2.19. The van der Waals surface area contributed by atoms with E-state index in [1.165, 1.54) is 12.8 Å². The van der Waals surface area contributed by atoms with Gasteiger partial charge in [-0.3, -0.25) is 4.79 Å². The number of aryl methyl sites for hydroxylation is 2. The number of hydrogen-bond acceptors (Lipinski definition) is 2. The first kappa shape index (κ1) is 8.48. The number of hydrogen-bond donors (Lipinski definition) is 0. The number of Topliss-reactive ketones (excluding diaryl/α,β-unsaturated/α-hetero) is 1. The Balaban J connectivity index is 2.54. The van der Waals surface area contributed by atoms with E-state index in [1.54, 1.807) is 6.92 Å². The lowest BCUT2D eigenvalue weighted by Crippen LogP contribution is -2.15. The highest BCUT2D eigenvalue weighted by molar-refractivity contribution is 5.93. The van der Waals surface area contributed by atoms with Gasteiger partial charge in [-0.15, -0.1) is 0 Å². The molecule has 1 aliphatic rings. The number of nitrogens with zero attached hydrogens (tertiary/aromatic N) is 2. The molecule has 0 saturated heterocycles. The number of fused-ring (bicyclic) bond motifs is 1. The van der Waals surface area contributed by atoms with E-state index in [9.17, 15) is 4.79 Å². The standard InChI is InChI=1S/C10H14N2O/c1-7-10(8(2)13)12-6-4-3-5-9(12)11-7/h3-6H2,1-2H3. The smallest absolute Gasteiger partial charge is 0.178 e. The molecule has 0 unspecified atom stereocenters. The molecule has 0 aliphatic carbocycles. The zero-order valence-electron chi connectivity index (χ0n) is 8.13. The number of aromatic nitrogens is 2. The molecule has 0 aromatic carbocycles. The van der Waals surface area contributed by atoms with E-state index < -0.39 is 0 Å². The van der Waals surface area contributed by atoms with Crippen molar-refractivity contribution in [3.05, 3.63) is 17.2 Å². The van der Waals surface area contributed by atoms with Gasteiger partial charge in [0.15, 0.2) is 5.78 Å². The van der Waals surface area contributed by atoms with E-state index in [0.717, 1.165) is 30.2 Å². The van der Waals surface area contributed by atoms with E-state index in [4.69, 9.17) is 0 Å². The van der Waals surface area contributed by atoms with Crippen molar-refractivity contribution in [2.24, 2.45) is 0 Å². The summed E-state index contributed by atoms with van der Waals surface area (Å²) in [7, 11) is 0. The first-order valence-electron chi connectivity index (χ1n) is 4.77. The summed E-state index contributed by atoms with van der Waals surface area (Å²) in [5.41, 5.74) is 1.71. The van der Waals surface area contributed by atoms with Gasteiger partial charge in [0.25, 0.3) is 0 Å². The lowest BCUT2D eigenvalue weighted by Gasteiger charge is -2.14. The summed E-state index contributed by atoms with van der Waals surface area (Å²) in [6, 6.07) is 0. The van der Waals surface area contributed by atoms with Gasteiger partial charge in [0.05, 0.1) is 5.69 Å². The minimum Gasteiger partial charge on any atom is -0.325 e. The molecule has 2 rings (SSSR count). The summed E-state index contributed by atoms with van der Waals surface area (Å²) in [5.74, 6) is 1.23. The number of carbonyl (C=O) groups is 1. The van der Waals surface area contributed by atoms with Crippen LogP contribution >= 0.6 is 0 Å². The van der Waals surface area contributed by atoms with Crippen molar-refractivity contribution in [1.82, 2.24) is 9.55 Å². The van der Waals surface area contributed by atoms with Crippen molar-refractivity contribution in [2.45, 2.75) is 39.7 Å². The summed E-state index contributed by atoms with van der Waals surface area (Å²) in [4.78, 5) is 15.8. The fraction of sp³-hybridized carbons (Fsp3) is 0.600. The molecule has 1 aromatic heterocycles. The Morgan fingerprint density at radius 2 is 2.23 bits per heavy atom. The fourth-order valence-electron chi connectivity index (χ4n) is 2.06. The number of ketones is 1. The molecule has 1 aliphatic heterocycles. The summed E-state index contributed by atoms with van der Waals surface area (Å²) in [6.45, 7) is 4.50. The first-order valence-corrected chi connectivity index (χ1v) is 4.77. The van der Waals surface area contributed by atoms with Gasteiger partial charge in [-0.1, -0.05) is 0 Å². The first-order chi connectivity index (χ1) is 6.20. The molecular weight excluding hydrogens is 164 g/mol. The fourth-order valence-corrected chi connectivity index (χ4v) is 2.06. The van der Waals surface area contributed by atoms with Gasteiger partial charge in [0, 0.05) is 19.9 Å². The van der Waals surface area contributed by atoms with Gasteiger partial charge < -0.3 is 4.57 Å². The van der Waals surface area contributed by atoms with Crippen molar-refractivity contribution in [1.29, 1.82) is 0 Å². The average molecular weight is 178 g/mol. The van der Waals surface area contributed by atoms with E-state index in [0.29, 0.717) is 0 Å². The second kappa shape index (κ2) is 2.98. The number of carbonyl (C=O) groups excluding carboxylic acids is 1. The van der Waals surface area contributed by atoms with Gasteiger partial charge in [-0.05, 0) is 19.8 Å². The van der Waals surface area contributed by atoms with Crippen LogP contribution in [0.1, 0.15) is 41.8 Å². The summed E-state index contributed by atoms with van der Waals surface area (Å²) < 4.78 is 2.08. The average Bonchev–Trinajstić information content (AvgIpc) is 2.39. The maximum absolute atomic E-state index is 11.3. The second-order valence-electron chi connectivity index (χ2n) is 3.63. The van der Waals surface area contributed by atoms with Crippen LogP contribution in [-0.2, 0) is 13.0 Å². The Labute approximate surface area is 77.8 Å². The monoisotopic (exact) mass is 178 g/mol. The minimum absolute atomic E-state index is 0.137. The van der Waals surface area contributed by atoms with Gasteiger partial charge in [-0.2, -0.15) is 0 Å². The molecule has 0 amide bonds. The van der Waals surface area contributed by atoms with Crippen LogP contribution in [0, 0.1) is 6.92 Å². The Hall–Kier alpha value is -1.12. The second-order valence-corrected chi connectivity index (χ2v) is 3.63. The SMILES string of the molecule is CC(=O)c1c(C)nc2n1CCCC2. The largest absolute Gasteiger partial charge is 0.325 e. The molecule has 13 heavy (non-hydrogen) atoms. The Kier molecular flexibility index (Phi) is 1.94. The predicted octanol–water partition coefficient (Wildman–Crippen LogP) is 1.73. The topological polar surface area (TPSA) is 34.9 Å². The maximum Gasteiger partial charge on any atom is 0.178 e. The van der Waals surface area contributed by atoms with Crippen LogP contribution in [0.2, 0.25) is 0 Å². The zero-order valence-corrected chi connectivity index (χ0v) is 8.13. The van der Waals surface area contributed by atoms with E-state index in [-0.39, 0.29) is 5.78 Å². The minimum atomic E-state index is 0.137. The Morgan fingerprint density at radius 1 is 1.46 bits per heavy atom. The van der Waals surface area contributed by atoms with Crippen molar-refractivity contribution < 1.29 is 4.79 Å². The third-order valence-electron chi connectivity index (χ3n) is 2.59. The lowest BCUT2D eigenvalue weighted by atomic mass is 10.1. The van der Waals surface area contributed by atoms with Crippen molar-refractivity contribution in [3.63, 3.8) is 0 Å². The van der Waals surface area contributed by atoms with Crippen LogP contribution in [0.25, 0.3) is 0 Å². The summed E-state index contributed by atoms with van der Waals surface area (Å²) in [5, 5.41) is 0. The molecule has 3 nitrogen and oxygen atoms in total. The zero-order chi connectivity index (χ0) is 9.42. The Morgan fingerprint density at radius 3 is 2.92 bits per heavy atom. The highest BCUT2D eigenvalue weighted by atomic mass is 16.1. The van der Waals surface area contributed by atoms with Crippen LogP contribution in [0.3, 0.4) is 0 Å². The van der Waals surface area contributed by atoms with Gasteiger partial charge in [0.1, 0.15) is 11.5 Å². The molecule has 1 aromatic rings. The van der Waals surface area contributed by atoms with Crippen LogP contribution < -0.4 is 0 Å². The molecule has 0 fully saturated rings. The lowest BCUT2D eigenvalue weighted by molar-refractivity contribution is 0.100. The van der Waals surface area contributed by atoms with E-state index in [1.807, 2.05) is 6.92 Å². The van der Waals surface area contributed by atoms with E-state index in [2.05, 4.69) is 9.55 Å². The molecule has 0 N–H and O–H groups in total. The van der Waals surface area contributed by atoms with Gasteiger partial charge in [-0.25, -0.2) is 4.98 Å². The summed E-state index contributed by atoms with van der Waals surface area (Å²) >= 11 is 0. The molecule has 0 bridgehead atoms. The quantitative estimate of drug-likeness (QED) is 0.614. The Bertz CT molecular complexity index is 352. The van der Waals surface area contributed by atoms with Crippen molar-refractivity contribution in [2.75, 3.05) is 0 Å². The van der Waals surface area contributed by atoms with Crippen LogP contribution in [0.15, 0.2) is 0 Å². The normalized spacial score (nSPS) is 15.5. The molecule has 3 heteroatoms. The third-order valence-corrected chi connectivity index (χ3v) is 2.59. The number of rotatable bonds is 1. The maximum atomic E-state index is 11.3. The third kappa shape index (κ3) is 1.28. The van der Waals surface area contributed by atoms with Crippen molar-refractivity contribution in [3.8, 4) is 0 Å². The van der Waals surface area contributed by atoms with Crippen LogP contribution in [0.4, 0.5) is 0 Å². The van der Waals surface area contributed by atoms with Gasteiger partial charge >= 0.3 is 0 Å². The van der Waals surface area contributed by atoms with Gasteiger partial charge in [0.2, 0.25) is 0 Å².